The number of methoxy groups -OCH3 is 2. The lowest BCUT2D eigenvalue weighted by molar-refractivity contribution is -0.120. The monoisotopic (exact) mass is 444 g/mol. The molecule has 7 heteroatoms. The Balaban J connectivity index is 1.51. The van der Waals surface area contributed by atoms with Crippen LogP contribution in [0.2, 0.25) is 0 Å². The van der Waals surface area contributed by atoms with Crippen LogP contribution in [0.4, 0.5) is 11.4 Å². The SMILES string of the molecule is CCc1ccc2ncc(C#N)c(N3CCC(C(=O)Nc4ccc(OC)cc4OC)CC3)c2c1. The van der Waals surface area contributed by atoms with Crippen LogP contribution in [0.1, 0.15) is 30.9 Å². The third kappa shape index (κ3) is 4.56. The van der Waals surface area contributed by atoms with E-state index < -0.39 is 0 Å². The third-order valence-electron chi connectivity index (χ3n) is 6.28. The Labute approximate surface area is 193 Å². The maximum atomic E-state index is 13.0. The molecule has 2 heterocycles. The van der Waals surface area contributed by atoms with E-state index in [1.54, 1.807) is 38.6 Å². The molecule has 0 radical (unpaired) electrons. The first-order chi connectivity index (χ1) is 16.1. The lowest BCUT2D eigenvalue weighted by Crippen LogP contribution is -2.38. The molecule has 0 saturated carbocycles. The van der Waals surface area contributed by atoms with Crippen molar-refractivity contribution in [2.75, 3.05) is 37.5 Å². The van der Waals surface area contributed by atoms with Gasteiger partial charge in [0.15, 0.2) is 0 Å². The van der Waals surface area contributed by atoms with Gasteiger partial charge < -0.3 is 19.7 Å². The molecule has 0 spiro atoms. The smallest absolute Gasteiger partial charge is 0.227 e. The molecule has 33 heavy (non-hydrogen) atoms. The van der Waals surface area contributed by atoms with E-state index in [4.69, 9.17) is 9.47 Å². The number of benzene rings is 2. The van der Waals surface area contributed by atoms with Gasteiger partial charge in [-0.1, -0.05) is 13.0 Å². The van der Waals surface area contributed by atoms with Crippen LogP contribution in [-0.2, 0) is 11.2 Å². The molecule has 1 aliphatic heterocycles. The van der Waals surface area contributed by atoms with Gasteiger partial charge in [0.25, 0.3) is 0 Å². The highest BCUT2D eigenvalue weighted by Crippen LogP contribution is 2.34. The summed E-state index contributed by atoms with van der Waals surface area (Å²) in [4.78, 5) is 19.7. The molecule has 1 aliphatic rings. The Kier molecular flexibility index (Phi) is 6.64. The molecule has 1 fully saturated rings. The fourth-order valence-electron chi connectivity index (χ4n) is 4.37. The number of anilines is 2. The summed E-state index contributed by atoms with van der Waals surface area (Å²) in [6, 6.07) is 13.9. The quantitative estimate of drug-likeness (QED) is 0.601. The summed E-state index contributed by atoms with van der Waals surface area (Å²) in [6.07, 6.45) is 3.97. The maximum absolute atomic E-state index is 13.0. The topological polar surface area (TPSA) is 87.5 Å². The highest BCUT2D eigenvalue weighted by molar-refractivity contribution is 5.96. The molecular weight excluding hydrogens is 416 g/mol. The van der Waals surface area contributed by atoms with Gasteiger partial charge in [-0.15, -0.1) is 0 Å². The van der Waals surface area contributed by atoms with Crippen molar-refractivity contribution in [2.24, 2.45) is 5.92 Å². The minimum absolute atomic E-state index is 0.0218. The summed E-state index contributed by atoms with van der Waals surface area (Å²) in [7, 11) is 3.16. The van der Waals surface area contributed by atoms with E-state index in [2.05, 4.69) is 40.3 Å². The van der Waals surface area contributed by atoms with Gasteiger partial charge in [-0.05, 0) is 49.1 Å². The number of amides is 1. The van der Waals surface area contributed by atoms with Gasteiger partial charge in [-0.2, -0.15) is 5.26 Å². The summed E-state index contributed by atoms with van der Waals surface area (Å²) < 4.78 is 10.6. The van der Waals surface area contributed by atoms with E-state index in [1.165, 1.54) is 5.56 Å². The van der Waals surface area contributed by atoms with Crippen molar-refractivity contribution < 1.29 is 14.3 Å². The average molecular weight is 445 g/mol. The number of nitriles is 1. The predicted octanol–water partition coefficient (Wildman–Crippen LogP) is 4.54. The van der Waals surface area contributed by atoms with Crippen molar-refractivity contribution in [3.05, 3.63) is 53.7 Å². The van der Waals surface area contributed by atoms with Gasteiger partial charge in [0.05, 0.1) is 36.7 Å². The minimum Gasteiger partial charge on any atom is -0.497 e. The fraction of sp³-hybridized carbons (Fsp3) is 0.346. The second-order valence-corrected chi connectivity index (χ2v) is 8.15. The van der Waals surface area contributed by atoms with E-state index in [0.29, 0.717) is 48.7 Å². The Morgan fingerprint density at radius 2 is 1.97 bits per heavy atom. The van der Waals surface area contributed by atoms with Gasteiger partial charge >= 0.3 is 0 Å². The van der Waals surface area contributed by atoms with Crippen LogP contribution < -0.4 is 19.7 Å². The molecule has 1 amide bonds. The molecule has 2 aromatic carbocycles. The number of aryl methyl sites for hydroxylation is 1. The summed E-state index contributed by atoms with van der Waals surface area (Å²) in [6.45, 7) is 3.51. The van der Waals surface area contributed by atoms with E-state index in [1.807, 2.05) is 6.07 Å². The molecule has 170 valence electrons. The molecule has 1 saturated heterocycles. The van der Waals surface area contributed by atoms with Crippen LogP contribution in [0.15, 0.2) is 42.6 Å². The molecule has 3 aromatic rings. The van der Waals surface area contributed by atoms with E-state index >= 15 is 0 Å². The number of hydrogen-bond acceptors (Lipinski definition) is 6. The Hall–Kier alpha value is -3.79. The van der Waals surface area contributed by atoms with Crippen LogP contribution in [0.25, 0.3) is 10.9 Å². The predicted molar refractivity (Wildman–Crippen MR) is 129 cm³/mol. The molecule has 0 atom stereocenters. The summed E-state index contributed by atoms with van der Waals surface area (Å²) >= 11 is 0. The number of pyridine rings is 1. The van der Waals surface area contributed by atoms with Crippen LogP contribution >= 0.6 is 0 Å². The van der Waals surface area contributed by atoms with E-state index in [9.17, 15) is 10.1 Å². The number of aromatic nitrogens is 1. The fourth-order valence-corrected chi connectivity index (χ4v) is 4.37. The average Bonchev–Trinajstić information content (AvgIpc) is 2.87. The Morgan fingerprint density at radius 3 is 2.64 bits per heavy atom. The first-order valence-electron chi connectivity index (χ1n) is 11.2. The Bertz CT molecular complexity index is 1210. The molecule has 4 rings (SSSR count). The molecule has 1 aromatic heterocycles. The van der Waals surface area contributed by atoms with Crippen LogP contribution in [0.5, 0.6) is 11.5 Å². The standard InChI is InChI=1S/C26H28N4O3/c1-4-17-5-7-22-21(13-17)25(19(15-27)16-28-22)30-11-9-18(10-12-30)26(31)29-23-8-6-20(32-2)14-24(23)33-3/h5-8,13-14,16,18H,4,9-12H2,1-3H3,(H,29,31). The zero-order valence-electron chi connectivity index (χ0n) is 19.2. The highest BCUT2D eigenvalue weighted by atomic mass is 16.5. The van der Waals surface area contributed by atoms with Crippen LogP contribution in [0.3, 0.4) is 0 Å². The Morgan fingerprint density at radius 1 is 1.18 bits per heavy atom. The van der Waals surface area contributed by atoms with Crippen molar-refractivity contribution in [1.29, 1.82) is 5.26 Å². The molecule has 7 nitrogen and oxygen atoms in total. The van der Waals surface area contributed by atoms with Crippen molar-refractivity contribution in [3.8, 4) is 17.6 Å². The first kappa shape index (κ1) is 22.4. The normalized spacial score (nSPS) is 14.1. The minimum atomic E-state index is -0.113. The van der Waals surface area contributed by atoms with Crippen molar-refractivity contribution >= 4 is 28.2 Å². The van der Waals surface area contributed by atoms with Gasteiger partial charge in [-0.25, -0.2) is 0 Å². The number of piperidine rings is 1. The number of nitrogens with one attached hydrogen (secondary N) is 1. The van der Waals surface area contributed by atoms with Crippen molar-refractivity contribution in [2.45, 2.75) is 26.2 Å². The molecule has 0 aliphatic carbocycles. The summed E-state index contributed by atoms with van der Waals surface area (Å²) in [5, 5.41) is 13.7. The molecule has 0 unspecified atom stereocenters. The number of rotatable bonds is 6. The van der Waals surface area contributed by atoms with Gasteiger partial charge in [0.1, 0.15) is 17.6 Å². The van der Waals surface area contributed by atoms with Crippen LogP contribution in [0, 0.1) is 17.2 Å². The summed E-state index contributed by atoms with van der Waals surface area (Å²) in [5.41, 5.74) is 4.22. The second-order valence-electron chi connectivity index (χ2n) is 8.15. The number of hydrogen-bond donors (Lipinski definition) is 1. The van der Waals surface area contributed by atoms with Crippen molar-refractivity contribution in [3.63, 3.8) is 0 Å². The van der Waals surface area contributed by atoms with E-state index in [-0.39, 0.29) is 11.8 Å². The number of nitrogens with zero attached hydrogens (tertiary/aromatic N) is 3. The largest absolute Gasteiger partial charge is 0.497 e. The number of carbonyl (C=O) groups excluding carboxylic acids is 1. The van der Waals surface area contributed by atoms with Crippen molar-refractivity contribution in [1.82, 2.24) is 4.98 Å². The molecule has 0 bridgehead atoms. The first-order valence-corrected chi connectivity index (χ1v) is 11.2. The zero-order valence-corrected chi connectivity index (χ0v) is 19.2. The third-order valence-corrected chi connectivity index (χ3v) is 6.28. The van der Waals surface area contributed by atoms with E-state index in [0.717, 1.165) is 23.0 Å². The maximum Gasteiger partial charge on any atom is 0.227 e. The van der Waals surface area contributed by atoms with Gasteiger partial charge in [0, 0.05) is 36.7 Å². The number of carbonyl (C=O) groups is 1. The lowest BCUT2D eigenvalue weighted by Gasteiger charge is -2.34. The van der Waals surface area contributed by atoms with Gasteiger partial charge in [0.2, 0.25) is 5.91 Å². The molecular formula is C26H28N4O3. The number of ether oxygens (including phenoxy) is 2. The highest BCUT2D eigenvalue weighted by Gasteiger charge is 2.28. The molecule has 1 N–H and O–H groups in total. The van der Waals surface area contributed by atoms with Gasteiger partial charge in [-0.3, -0.25) is 9.78 Å². The van der Waals surface area contributed by atoms with Crippen LogP contribution in [-0.4, -0.2) is 38.2 Å². The number of fused-ring (bicyclic) bond motifs is 1. The second kappa shape index (κ2) is 9.78. The zero-order chi connectivity index (χ0) is 23.4. The summed E-state index contributed by atoms with van der Waals surface area (Å²) in [5.74, 6) is 1.10. The lowest BCUT2D eigenvalue weighted by atomic mass is 9.94.